The highest BCUT2D eigenvalue weighted by molar-refractivity contribution is 5.96. The molecule has 4 aromatic carbocycles. The molecule has 242 valence electrons. The molecule has 13 heteroatoms. The SMILES string of the molecule is NCc1cccc(Oc2ccccc2N(Cc2ccccc2)C(=O)CCC(=O)NCc2ccc(F)c(F)c2)c1.O=C(O)C(F)(F)F. The molecule has 0 saturated heterocycles. The fourth-order valence-electron chi connectivity index (χ4n) is 4.00. The van der Waals surface area contributed by atoms with E-state index in [0.717, 1.165) is 23.3 Å². The number of nitrogens with zero attached hydrogens (tertiary/aromatic N) is 1. The molecule has 8 nitrogen and oxygen atoms in total. The van der Waals surface area contributed by atoms with Crippen LogP contribution < -0.4 is 20.7 Å². The number of aliphatic carboxylic acids is 1. The molecule has 4 N–H and O–H groups in total. The Hall–Kier alpha value is -5.30. The topological polar surface area (TPSA) is 122 Å². The Kier molecular flexibility index (Phi) is 12.8. The second-order valence-corrected chi connectivity index (χ2v) is 9.71. The summed E-state index contributed by atoms with van der Waals surface area (Å²) < 4.78 is 64.5. The Morgan fingerprint density at radius 3 is 2.09 bits per heavy atom. The summed E-state index contributed by atoms with van der Waals surface area (Å²) in [6, 6.07) is 27.6. The lowest BCUT2D eigenvalue weighted by Gasteiger charge is -2.25. The summed E-state index contributed by atoms with van der Waals surface area (Å²) in [6.45, 7) is 0.672. The van der Waals surface area contributed by atoms with E-state index in [-0.39, 0.29) is 37.7 Å². The molecule has 0 spiro atoms. The van der Waals surface area contributed by atoms with Crippen LogP contribution in [0.1, 0.15) is 29.5 Å². The van der Waals surface area contributed by atoms with Crippen molar-refractivity contribution in [1.29, 1.82) is 0 Å². The van der Waals surface area contributed by atoms with Gasteiger partial charge in [0.2, 0.25) is 11.8 Å². The van der Waals surface area contributed by atoms with Crippen LogP contribution >= 0.6 is 0 Å². The Bertz CT molecular complexity index is 1630. The van der Waals surface area contributed by atoms with Gasteiger partial charge in [-0.15, -0.1) is 0 Å². The van der Waals surface area contributed by atoms with Crippen molar-refractivity contribution < 1.29 is 46.2 Å². The number of halogens is 5. The van der Waals surface area contributed by atoms with Gasteiger partial charge in [-0.1, -0.05) is 60.7 Å². The largest absolute Gasteiger partial charge is 0.490 e. The van der Waals surface area contributed by atoms with E-state index in [0.29, 0.717) is 29.3 Å². The van der Waals surface area contributed by atoms with Gasteiger partial charge in [-0.2, -0.15) is 13.2 Å². The van der Waals surface area contributed by atoms with Gasteiger partial charge in [0, 0.05) is 25.9 Å². The number of amides is 2. The smallest absolute Gasteiger partial charge is 0.475 e. The maximum absolute atomic E-state index is 13.5. The summed E-state index contributed by atoms with van der Waals surface area (Å²) >= 11 is 0. The second kappa shape index (κ2) is 16.7. The van der Waals surface area contributed by atoms with Crippen LogP contribution in [-0.4, -0.2) is 29.1 Å². The molecule has 0 aliphatic heterocycles. The van der Waals surface area contributed by atoms with Crippen LogP contribution in [0.25, 0.3) is 0 Å². The van der Waals surface area contributed by atoms with E-state index < -0.39 is 23.8 Å². The Morgan fingerprint density at radius 2 is 1.43 bits per heavy atom. The Morgan fingerprint density at radius 1 is 0.783 bits per heavy atom. The first-order chi connectivity index (χ1) is 21.9. The molecule has 0 bridgehead atoms. The van der Waals surface area contributed by atoms with Gasteiger partial charge in [-0.05, 0) is 53.1 Å². The van der Waals surface area contributed by atoms with E-state index in [1.54, 1.807) is 17.0 Å². The second-order valence-electron chi connectivity index (χ2n) is 9.71. The van der Waals surface area contributed by atoms with Crippen LogP contribution in [0, 0.1) is 11.6 Å². The lowest BCUT2D eigenvalue weighted by Crippen LogP contribution is -2.32. The number of carbonyl (C=O) groups excluding carboxylic acids is 2. The summed E-state index contributed by atoms with van der Waals surface area (Å²) in [6.07, 6.45) is -5.22. The summed E-state index contributed by atoms with van der Waals surface area (Å²) in [7, 11) is 0. The number of hydrogen-bond acceptors (Lipinski definition) is 5. The van der Waals surface area contributed by atoms with Gasteiger partial charge in [0.1, 0.15) is 5.75 Å². The van der Waals surface area contributed by atoms with Gasteiger partial charge >= 0.3 is 12.1 Å². The van der Waals surface area contributed by atoms with Gasteiger partial charge < -0.3 is 25.8 Å². The zero-order valence-corrected chi connectivity index (χ0v) is 24.3. The molecule has 0 aromatic heterocycles. The summed E-state index contributed by atoms with van der Waals surface area (Å²) in [5, 5.41) is 9.78. The van der Waals surface area contributed by atoms with Crippen molar-refractivity contribution in [3.63, 3.8) is 0 Å². The molecule has 2 amide bonds. The Balaban J connectivity index is 0.000000738. The summed E-state index contributed by atoms with van der Waals surface area (Å²) in [5.41, 5.74) is 8.57. The first-order valence-electron chi connectivity index (χ1n) is 13.8. The molecule has 46 heavy (non-hydrogen) atoms. The third kappa shape index (κ3) is 11.0. The average molecular weight is 644 g/mol. The third-order valence-corrected chi connectivity index (χ3v) is 6.28. The quantitative estimate of drug-likeness (QED) is 0.161. The predicted molar refractivity (Wildman–Crippen MR) is 160 cm³/mol. The molecule has 0 radical (unpaired) electrons. The molecular formula is C33H30F5N3O5. The highest BCUT2D eigenvalue weighted by atomic mass is 19.4. The molecule has 0 aliphatic rings. The number of nitrogens with one attached hydrogen (secondary N) is 1. The van der Waals surface area contributed by atoms with E-state index in [1.807, 2.05) is 66.7 Å². The van der Waals surface area contributed by atoms with Crippen molar-refractivity contribution in [3.05, 3.63) is 125 Å². The van der Waals surface area contributed by atoms with Gasteiger partial charge in [0.05, 0.1) is 12.2 Å². The maximum Gasteiger partial charge on any atom is 0.490 e. The lowest BCUT2D eigenvalue weighted by molar-refractivity contribution is -0.192. The minimum atomic E-state index is -5.08. The van der Waals surface area contributed by atoms with Crippen molar-refractivity contribution in [3.8, 4) is 11.5 Å². The minimum Gasteiger partial charge on any atom is -0.475 e. The minimum absolute atomic E-state index is 0.0243. The fourth-order valence-corrected chi connectivity index (χ4v) is 4.00. The molecule has 0 unspecified atom stereocenters. The molecular weight excluding hydrogens is 613 g/mol. The Labute approximate surface area is 261 Å². The van der Waals surface area contributed by atoms with Crippen molar-refractivity contribution in [1.82, 2.24) is 5.32 Å². The first kappa shape index (κ1) is 35.2. The van der Waals surface area contributed by atoms with Gasteiger partial charge in [0.25, 0.3) is 0 Å². The zero-order valence-electron chi connectivity index (χ0n) is 24.3. The zero-order chi connectivity index (χ0) is 33.7. The highest BCUT2D eigenvalue weighted by Gasteiger charge is 2.38. The summed E-state index contributed by atoms with van der Waals surface area (Å²) in [4.78, 5) is 36.5. The molecule has 4 aromatic rings. The predicted octanol–water partition coefficient (Wildman–Crippen LogP) is 6.48. The first-order valence-corrected chi connectivity index (χ1v) is 13.8. The van der Waals surface area contributed by atoms with E-state index in [1.165, 1.54) is 6.07 Å². The number of benzene rings is 4. The van der Waals surface area contributed by atoms with E-state index in [4.69, 9.17) is 20.4 Å². The molecule has 0 atom stereocenters. The standard InChI is InChI=1S/C31H29F2N3O3.C2HF3O2/c32-26-14-13-24(18-27(26)33)20-35-30(37)15-16-31(38)36(21-22-7-2-1-3-8-22)28-11-4-5-12-29(28)39-25-10-6-9-23(17-25)19-34;3-2(4,5)1(6)7/h1-14,17-18H,15-16,19-21,34H2,(H,35,37);(H,6,7). The van der Waals surface area contributed by atoms with Crippen LogP contribution in [0.3, 0.4) is 0 Å². The van der Waals surface area contributed by atoms with E-state index >= 15 is 0 Å². The van der Waals surface area contributed by atoms with Crippen molar-refractivity contribution in [2.45, 2.75) is 38.7 Å². The number of rotatable bonds is 11. The van der Waals surface area contributed by atoms with E-state index in [9.17, 15) is 31.5 Å². The van der Waals surface area contributed by atoms with Crippen molar-refractivity contribution in [2.24, 2.45) is 5.73 Å². The van der Waals surface area contributed by atoms with Crippen LogP contribution in [0.15, 0.2) is 97.1 Å². The molecule has 0 saturated carbocycles. The van der Waals surface area contributed by atoms with Gasteiger partial charge in [0.15, 0.2) is 17.4 Å². The number of carboxylic acids is 1. The fraction of sp³-hybridized carbons (Fsp3) is 0.182. The van der Waals surface area contributed by atoms with Crippen molar-refractivity contribution in [2.75, 3.05) is 4.90 Å². The highest BCUT2D eigenvalue weighted by Crippen LogP contribution is 2.34. The molecule has 0 aliphatic carbocycles. The van der Waals surface area contributed by atoms with Crippen LogP contribution in [0.4, 0.5) is 27.6 Å². The van der Waals surface area contributed by atoms with Gasteiger partial charge in [-0.3, -0.25) is 9.59 Å². The number of ether oxygens (including phenoxy) is 1. The average Bonchev–Trinajstić information content (AvgIpc) is 3.04. The molecule has 0 fully saturated rings. The maximum atomic E-state index is 13.5. The molecule has 0 heterocycles. The number of nitrogens with two attached hydrogens (primary N) is 1. The third-order valence-electron chi connectivity index (χ3n) is 6.28. The number of carbonyl (C=O) groups is 3. The number of alkyl halides is 3. The number of anilines is 1. The molecule has 4 rings (SSSR count). The summed E-state index contributed by atoms with van der Waals surface area (Å²) in [5.74, 6) is -4.26. The van der Waals surface area contributed by atoms with Crippen LogP contribution in [0.5, 0.6) is 11.5 Å². The van der Waals surface area contributed by atoms with Crippen LogP contribution in [-0.2, 0) is 34.0 Å². The lowest BCUT2D eigenvalue weighted by atomic mass is 10.1. The van der Waals surface area contributed by atoms with Gasteiger partial charge in [-0.25, -0.2) is 13.6 Å². The van der Waals surface area contributed by atoms with E-state index in [2.05, 4.69) is 5.32 Å². The number of carboxylic acid groups (broad SMARTS) is 1. The monoisotopic (exact) mass is 643 g/mol. The van der Waals surface area contributed by atoms with Crippen LogP contribution in [0.2, 0.25) is 0 Å². The number of para-hydroxylation sites is 2. The van der Waals surface area contributed by atoms with Crippen molar-refractivity contribution >= 4 is 23.5 Å². The number of hydrogen-bond donors (Lipinski definition) is 3. The normalized spacial score (nSPS) is 10.7.